The van der Waals surface area contributed by atoms with E-state index in [1.807, 2.05) is 6.92 Å². The Hall–Kier alpha value is -0.200. The van der Waals surface area contributed by atoms with Gasteiger partial charge in [-0.2, -0.15) is 0 Å². The monoisotopic (exact) mass is 356 g/mol. The van der Waals surface area contributed by atoms with E-state index in [1.165, 1.54) is 0 Å². The third kappa shape index (κ3) is 2.61. The predicted octanol–water partition coefficient (Wildman–Crippen LogP) is 1.85. The molecule has 2 saturated carbocycles. The second kappa shape index (κ2) is 5.90. The standard InChI is InChI=1S/C20H36O5/c1-17(2)8-6-9-18(3)12-7-10-19(4,13(22)11-21)25-20(12,5)16(24)14(23)15(17)18/h12-16,21-24H,6-11H2,1-5H3/t12-,13-,14+,15-,16+,18-,19-,20+/m1/s1. The lowest BCUT2D eigenvalue weighted by Gasteiger charge is -2.68. The number of hydrogen-bond acceptors (Lipinski definition) is 5. The van der Waals surface area contributed by atoms with E-state index >= 15 is 0 Å². The second-order valence-electron chi connectivity index (χ2n) is 10.1. The Morgan fingerprint density at radius 2 is 1.68 bits per heavy atom. The molecule has 0 bridgehead atoms. The van der Waals surface area contributed by atoms with Gasteiger partial charge in [0.1, 0.15) is 12.2 Å². The molecule has 0 aromatic rings. The van der Waals surface area contributed by atoms with Gasteiger partial charge in [-0.15, -0.1) is 0 Å². The van der Waals surface area contributed by atoms with Crippen molar-refractivity contribution in [2.24, 2.45) is 22.7 Å². The van der Waals surface area contributed by atoms with Gasteiger partial charge in [0.2, 0.25) is 0 Å². The Bertz CT molecular complexity index is 522. The summed E-state index contributed by atoms with van der Waals surface area (Å²) in [7, 11) is 0. The van der Waals surface area contributed by atoms with Crippen LogP contribution in [0.25, 0.3) is 0 Å². The summed E-state index contributed by atoms with van der Waals surface area (Å²) in [5, 5.41) is 41.9. The summed E-state index contributed by atoms with van der Waals surface area (Å²) < 4.78 is 6.36. The van der Waals surface area contributed by atoms with Crippen LogP contribution in [0.15, 0.2) is 0 Å². The van der Waals surface area contributed by atoms with Crippen molar-refractivity contribution in [1.82, 2.24) is 0 Å². The van der Waals surface area contributed by atoms with E-state index in [0.717, 1.165) is 25.7 Å². The SMILES string of the molecule is CC1(C)CCC[C@@]2(C)[C@@H]1[C@H](O)[C@H](O)[C@@]1(C)O[C@@](C)([C@H](O)CO)CC[C@H]21. The maximum absolute atomic E-state index is 11.1. The van der Waals surface area contributed by atoms with Gasteiger partial charge in [0, 0.05) is 0 Å². The highest BCUT2D eigenvalue weighted by atomic mass is 16.6. The van der Waals surface area contributed by atoms with Crippen molar-refractivity contribution in [3.05, 3.63) is 0 Å². The number of aliphatic hydroxyl groups is 4. The molecule has 0 amide bonds. The van der Waals surface area contributed by atoms with Crippen LogP contribution in [0, 0.1) is 22.7 Å². The normalized spacial score (nSPS) is 53.6. The zero-order valence-electron chi connectivity index (χ0n) is 16.3. The maximum atomic E-state index is 11.1. The summed E-state index contributed by atoms with van der Waals surface area (Å²) >= 11 is 0. The molecule has 1 heterocycles. The summed E-state index contributed by atoms with van der Waals surface area (Å²) in [5.74, 6) is 0.138. The van der Waals surface area contributed by atoms with Crippen LogP contribution in [0.5, 0.6) is 0 Å². The van der Waals surface area contributed by atoms with Gasteiger partial charge in [-0.3, -0.25) is 0 Å². The van der Waals surface area contributed by atoms with Gasteiger partial charge in [0.25, 0.3) is 0 Å². The molecule has 8 atom stereocenters. The largest absolute Gasteiger partial charge is 0.394 e. The minimum atomic E-state index is -1.00. The highest BCUT2D eigenvalue weighted by Gasteiger charge is 2.68. The van der Waals surface area contributed by atoms with Crippen molar-refractivity contribution < 1.29 is 25.2 Å². The summed E-state index contributed by atoms with van der Waals surface area (Å²) in [6, 6.07) is 0. The second-order valence-corrected chi connectivity index (χ2v) is 10.1. The fourth-order valence-corrected chi connectivity index (χ4v) is 6.91. The first-order chi connectivity index (χ1) is 11.4. The molecule has 0 radical (unpaired) electrons. The molecular formula is C20H36O5. The van der Waals surface area contributed by atoms with E-state index < -0.39 is 29.5 Å². The van der Waals surface area contributed by atoms with Crippen LogP contribution in [-0.4, -0.2) is 56.5 Å². The molecule has 5 nitrogen and oxygen atoms in total. The highest BCUT2D eigenvalue weighted by molar-refractivity contribution is 5.17. The van der Waals surface area contributed by atoms with Gasteiger partial charge in [-0.05, 0) is 62.2 Å². The van der Waals surface area contributed by atoms with Crippen LogP contribution in [0.4, 0.5) is 0 Å². The zero-order chi connectivity index (χ0) is 18.8. The van der Waals surface area contributed by atoms with E-state index in [1.54, 1.807) is 6.92 Å². The molecule has 0 unspecified atom stereocenters. The molecule has 0 aromatic heterocycles. The third-order valence-corrected chi connectivity index (χ3v) is 8.09. The van der Waals surface area contributed by atoms with Gasteiger partial charge in [0.05, 0.1) is 23.9 Å². The van der Waals surface area contributed by atoms with Crippen molar-refractivity contribution in [2.75, 3.05) is 6.61 Å². The quantitative estimate of drug-likeness (QED) is 0.606. The lowest BCUT2D eigenvalue weighted by Crippen LogP contribution is -2.74. The van der Waals surface area contributed by atoms with Crippen LogP contribution in [-0.2, 0) is 4.74 Å². The average molecular weight is 357 g/mol. The number of fused-ring (bicyclic) bond motifs is 3. The number of aliphatic hydroxyl groups excluding tert-OH is 4. The molecule has 25 heavy (non-hydrogen) atoms. The van der Waals surface area contributed by atoms with Crippen LogP contribution in [0.2, 0.25) is 0 Å². The molecule has 0 spiro atoms. The van der Waals surface area contributed by atoms with Gasteiger partial charge < -0.3 is 25.2 Å². The van der Waals surface area contributed by atoms with Crippen LogP contribution in [0.3, 0.4) is 0 Å². The van der Waals surface area contributed by atoms with Gasteiger partial charge in [0.15, 0.2) is 0 Å². The minimum absolute atomic E-state index is 0.0255. The van der Waals surface area contributed by atoms with E-state index in [9.17, 15) is 20.4 Å². The lowest BCUT2D eigenvalue weighted by atomic mass is 9.43. The topological polar surface area (TPSA) is 90.2 Å². The molecule has 2 aliphatic carbocycles. The maximum Gasteiger partial charge on any atom is 0.109 e. The molecule has 146 valence electrons. The van der Waals surface area contributed by atoms with E-state index in [0.29, 0.717) is 6.42 Å². The minimum Gasteiger partial charge on any atom is -0.394 e. The first kappa shape index (κ1) is 19.6. The van der Waals surface area contributed by atoms with Crippen LogP contribution < -0.4 is 0 Å². The Balaban J connectivity index is 2.03. The summed E-state index contributed by atoms with van der Waals surface area (Å²) in [6.45, 7) is 9.98. The Labute approximate surface area is 151 Å². The van der Waals surface area contributed by atoms with E-state index in [2.05, 4.69) is 20.8 Å². The molecule has 1 saturated heterocycles. The van der Waals surface area contributed by atoms with Gasteiger partial charge in [-0.1, -0.05) is 27.2 Å². The number of hydrogen-bond donors (Lipinski definition) is 4. The van der Waals surface area contributed by atoms with Gasteiger partial charge in [-0.25, -0.2) is 0 Å². The molecule has 1 aliphatic heterocycles. The zero-order valence-corrected chi connectivity index (χ0v) is 16.3. The first-order valence-electron chi connectivity index (χ1n) is 9.77. The number of rotatable bonds is 2. The molecule has 5 heteroatoms. The summed E-state index contributed by atoms with van der Waals surface area (Å²) in [6.07, 6.45) is 1.80. The number of ether oxygens (including phenoxy) is 1. The Morgan fingerprint density at radius 3 is 2.28 bits per heavy atom. The van der Waals surface area contributed by atoms with Crippen molar-refractivity contribution >= 4 is 0 Å². The third-order valence-electron chi connectivity index (χ3n) is 8.09. The van der Waals surface area contributed by atoms with Gasteiger partial charge >= 0.3 is 0 Å². The first-order valence-corrected chi connectivity index (χ1v) is 9.77. The molecular weight excluding hydrogens is 320 g/mol. The Morgan fingerprint density at radius 1 is 1.04 bits per heavy atom. The van der Waals surface area contributed by atoms with E-state index in [-0.39, 0.29) is 29.3 Å². The fraction of sp³-hybridized carbons (Fsp3) is 1.00. The fourth-order valence-electron chi connectivity index (χ4n) is 6.91. The molecule has 3 aliphatic rings. The predicted molar refractivity (Wildman–Crippen MR) is 95.0 cm³/mol. The smallest absolute Gasteiger partial charge is 0.109 e. The highest BCUT2D eigenvalue weighted by Crippen LogP contribution is 2.65. The van der Waals surface area contributed by atoms with Crippen molar-refractivity contribution in [2.45, 2.75) is 96.2 Å². The summed E-state index contributed by atoms with van der Waals surface area (Å²) in [5.41, 5.74) is -1.98. The molecule has 3 rings (SSSR count). The molecule has 0 aromatic carbocycles. The van der Waals surface area contributed by atoms with Crippen LogP contribution >= 0.6 is 0 Å². The Kier molecular flexibility index (Phi) is 4.61. The van der Waals surface area contributed by atoms with Crippen molar-refractivity contribution in [3.63, 3.8) is 0 Å². The van der Waals surface area contributed by atoms with Crippen molar-refractivity contribution in [1.29, 1.82) is 0 Å². The van der Waals surface area contributed by atoms with Crippen LogP contribution in [0.1, 0.15) is 66.7 Å². The summed E-state index contributed by atoms with van der Waals surface area (Å²) in [4.78, 5) is 0. The molecule has 3 fully saturated rings. The van der Waals surface area contributed by atoms with E-state index in [4.69, 9.17) is 4.74 Å². The molecule has 4 N–H and O–H groups in total. The van der Waals surface area contributed by atoms with Crippen molar-refractivity contribution in [3.8, 4) is 0 Å². The average Bonchev–Trinajstić information content (AvgIpc) is 2.50. The lowest BCUT2D eigenvalue weighted by molar-refractivity contribution is -0.339.